The zero-order chi connectivity index (χ0) is 15.7. The molecule has 1 unspecified atom stereocenters. The van der Waals surface area contributed by atoms with Gasteiger partial charge in [0.05, 0.1) is 0 Å². The molecule has 0 radical (unpaired) electrons. The smallest absolute Gasteiger partial charge is 0.108 e. The van der Waals surface area contributed by atoms with E-state index in [0.717, 1.165) is 11.1 Å². The van der Waals surface area contributed by atoms with Crippen LogP contribution in [0.3, 0.4) is 0 Å². The molecule has 3 rings (SSSR count). The zero-order valence-electron chi connectivity index (χ0n) is 11.4. The molecule has 1 atom stereocenters. The lowest BCUT2D eigenvalue weighted by Crippen LogP contribution is -2.01. The van der Waals surface area contributed by atoms with Crippen molar-refractivity contribution in [2.24, 2.45) is 0 Å². The van der Waals surface area contributed by atoms with Crippen molar-refractivity contribution in [2.75, 3.05) is 0 Å². The number of nitrogens with one attached hydrogen (secondary N) is 1. The maximum Gasteiger partial charge on any atom is 0.108 e. The fourth-order valence-electron chi connectivity index (χ4n) is 2.41. The SMILES string of the molecule is OC(c1ccc(Cl)cc1Cl)c1c[nH]cc1-c1ccccc1Cl. The van der Waals surface area contributed by atoms with E-state index in [4.69, 9.17) is 34.8 Å². The van der Waals surface area contributed by atoms with Crippen molar-refractivity contribution in [2.45, 2.75) is 6.10 Å². The predicted octanol–water partition coefficient (Wildman–Crippen LogP) is 5.72. The molecule has 0 aliphatic carbocycles. The standard InChI is InChI=1S/C17H12Cl3NO/c18-10-5-6-12(16(20)7-10)17(22)14-9-21-8-13(14)11-3-1-2-4-15(11)19/h1-9,17,21-22H. The van der Waals surface area contributed by atoms with Crippen molar-refractivity contribution in [1.29, 1.82) is 0 Å². The molecule has 2 N–H and O–H groups in total. The van der Waals surface area contributed by atoms with Gasteiger partial charge in [-0.25, -0.2) is 0 Å². The van der Waals surface area contributed by atoms with Gasteiger partial charge in [-0.15, -0.1) is 0 Å². The third kappa shape index (κ3) is 2.88. The van der Waals surface area contributed by atoms with Crippen LogP contribution in [0.5, 0.6) is 0 Å². The summed E-state index contributed by atoms with van der Waals surface area (Å²) in [6.45, 7) is 0. The first kappa shape index (κ1) is 15.4. The Morgan fingerprint density at radius 3 is 2.32 bits per heavy atom. The number of rotatable bonds is 3. The van der Waals surface area contributed by atoms with Gasteiger partial charge < -0.3 is 10.1 Å². The molecule has 0 amide bonds. The van der Waals surface area contributed by atoms with Crippen LogP contribution in [0, 0.1) is 0 Å². The van der Waals surface area contributed by atoms with Gasteiger partial charge in [-0.05, 0) is 18.2 Å². The molecule has 0 fully saturated rings. The number of benzene rings is 2. The average molecular weight is 353 g/mol. The maximum absolute atomic E-state index is 10.7. The number of hydrogen-bond donors (Lipinski definition) is 2. The first-order valence-corrected chi connectivity index (χ1v) is 7.76. The van der Waals surface area contributed by atoms with Crippen LogP contribution in [0.25, 0.3) is 11.1 Å². The fourth-order valence-corrected chi connectivity index (χ4v) is 3.16. The van der Waals surface area contributed by atoms with E-state index in [1.54, 1.807) is 24.4 Å². The van der Waals surface area contributed by atoms with Crippen LogP contribution in [-0.2, 0) is 0 Å². The summed E-state index contributed by atoms with van der Waals surface area (Å²) >= 11 is 18.3. The lowest BCUT2D eigenvalue weighted by atomic mass is 9.96. The summed E-state index contributed by atoms with van der Waals surface area (Å²) in [5.41, 5.74) is 2.99. The molecule has 112 valence electrons. The van der Waals surface area contributed by atoms with E-state index >= 15 is 0 Å². The van der Waals surface area contributed by atoms with Crippen LogP contribution in [0.15, 0.2) is 54.9 Å². The van der Waals surface area contributed by atoms with E-state index in [9.17, 15) is 5.11 Å². The molecule has 1 heterocycles. The summed E-state index contributed by atoms with van der Waals surface area (Å²) < 4.78 is 0. The minimum atomic E-state index is -0.873. The summed E-state index contributed by atoms with van der Waals surface area (Å²) in [5, 5.41) is 12.3. The van der Waals surface area contributed by atoms with Crippen LogP contribution in [0.4, 0.5) is 0 Å². The first-order valence-electron chi connectivity index (χ1n) is 6.62. The molecule has 0 aliphatic rings. The van der Waals surface area contributed by atoms with Crippen LogP contribution in [0.2, 0.25) is 15.1 Å². The molecule has 5 heteroatoms. The van der Waals surface area contributed by atoms with Crippen molar-refractivity contribution < 1.29 is 5.11 Å². The second-order valence-corrected chi connectivity index (χ2v) is 6.12. The highest BCUT2D eigenvalue weighted by Crippen LogP contribution is 2.37. The van der Waals surface area contributed by atoms with E-state index in [1.807, 2.05) is 30.5 Å². The second-order valence-electron chi connectivity index (χ2n) is 4.87. The van der Waals surface area contributed by atoms with Crippen molar-refractivity contribution in [3.05, 3.63) is 81.1 Å². The maximum atomic E-state index is 10.7. The highest BCUT2D eigenvalue weighted by Gasteiger charge is 2.20. The summed E-state index contributed by atoms with van der Waals surface area (Å²) in [6, 6.07) is 12.5. The van der Waals surface area contributed by atoms with Crippen LogP contribution in [0.1, 0.15) is 17.2 Å². The molecule has 0 aliphatic heterocycles. The Kier molecular flexibility index (Phi) is 4.46. The zero-order valence-corrected chi connectivity index (χ0v) is 13.6. The Bertz CT molecular complexity index is 813. The predicted molar refractivity (Wildman–Crippen MR) is 91.8 cm³/mol. The molecule has 3 aromatic rings. The lowest BCUT2D eigenvalue weighted by molar-refractivity contribution is 0.221. The van der Waals surface area contributed by atoms with Gasteiger partial charge >= 0.3 is 0 Å². The number of halogens is 3. The summed E-state index contributed by atoms with van der Waals surface area (Å²) in [7, 11) is 0. The highest BCUT2D eigenvalue weighted by molar-refractivity contribution is 6.35. The van der Waals surface area contributed by atoms with Gasteiger partial charge in [0.15, 0.2) is 0 Å². The van der Waals surface area contributed by atoms with E-state index < -0.39 is 6.10 Å². The van der Waals surface area contributed by atoms with Gasteiger partial charge in [-0.2, -0.15) is 0 Å². The summed E-state index contributed by atoms with van der Waals surface area (Å²) in [5.74, 6) is 0. The Hall–Kier alpha value is -1.45. The Morgan fingerprint density at radius 1 is 0.818 bits per heavy atom. The monoisotopic (exact) mass is 351 g/mol. The van der Waals surface area contributed by atoms with E-state index in [0.29, 0.717) is 26.2 Å². The quantitative estimate of drug-likeness (QED) is 0.621. The molecular weight excluding hydrogens is 341 g/mol. The van der Waals surface area contributed by atoms with E-state index in [1.165, 1.54) is 0 Å². The molecule has 0 bridgehead atoms. The second kappa shape index (κ2) is 6.35. The van der Waals surface area contributed by atoms with Gasteiger partial charge in [-0.3, -0.25) is 0 Å². The van der Waals surface area contributed by atoms with Gasteiger partial charge in [0, 0.05) is 49.7 Å². The Morgan fingerprint density at radius 2 is 1.59 bits per heavy atom. The number of aromatic amines is 1. The third-order valence-corrected chi connectivity index (χ3v) is 4.39. The van der Waals surface area contributed by atoms with Crippen molar-refractivity contribution in [3.8, 4) is 11.1 Å². The average Bonchev–Trinajstić information content (AvgIpc) is 2.96. The summed E-state index contributed by atoms with van der Waals surface area (Å²) in [6.07, 6.45) is 2.68. The van der Waals surface area contributed by atoms with Crippen molar-refractivity contribution in [1.82, 2.24) is 4.98 Å². The number of aromatic nitrogens is 1. The minimum absolute atomic E-state index is 0.423. The topological polar surface area (TPSA) is 36.0 Å². The van der Waals surface area contributed by atoms with Gasteiger partial charge in [0.2, 0.25) is 0 Å². The molecule has 0 saturated carbocycles. The van der Waals surface area contributed by atoms with Gasteiger partial charge in [0.25, 0.3) is 0 Å². The normalized spacial score (nSPS) is 12.4. The molecule has 2 nitrogen and oxygen atoms in total. The highest BCUT2D eigenvalue weighted by atomic mass is 35.5. The Labute approximate surface area is 143 Å². The fraction of sp³-hybridized carbons (Fsp3) is 0.0588. The molecule has 22 heavy (non-hydrogen) atoms. The Balaban J connectivity index is 2.07. The van der Waals surface area contributed by atoms with E-state index in [2.05, 4.69) is 4.98 Å². The molecule has 2 aromatic carbocycles. The molecule has 0 spiro atoms. The molecular formula is C17H12Cl3NO. The van der Waals surface area contributed by atoms with E-state index in [-0.39, 0.29) is 0 Å². The minimum Gasteiger partial charge on any atom is -0.384 e. The molecule has 1 aromatic heterocycles. The number of H-pyrrole nitrogens is 1. The van der Waals surface area contributed by atoms with Crippen molar-refractivity contribution >= 4 is 34.8 Å². The number of hydrogen-bond acceptors (Lipinski definition) is 1. The van der Waals surface area contributed by atoms with Gasteiger partial charge in [0.1, 0.15) is 6.10 Å². The number of aliphatic hydroxyl groups is 1. The first-order chi connectivity index (χ1) is 10.6. The van der Waals surface area contributed by atoms with Gasteiger partial charge in [-0.1, -0.05) is 59.1 Å². The third-order valence-electron chi connectivity index (χ3n) is 3.49. The summed E-state index contributed by atoms with van der Waals surface area (Å²) in [4.78, 5) is 3.02. The largest absolute Gasteiger partial charge is 0.384 e. The van der Waals surface area contributed by atoms with Crippen LogP contribution in [-0.4, -0.2) is 10.1 Å². The van der Waals surface area contributed by atoms with Crippen molar-refractivity contribution in [3.63, 3.8) is 0 Å². The van der Waals surface area contributed by atoms with Crippen LogP contribution < -0.4 is 0 Å². The molecule has 0 saturated heterocycles. The number of aliphatic hydroxyl groups excluding tert-OH is 1. The van der Waals surface area contributed by atoms with Crippen LogP contribution >= 0.6 is 34.8 Å². The lowest BCUT2D eigenvalue weighted by Gasteiger charge is -2.15.